The fourth-order valence-corrected chi connectivity index (χ4v) is 2.03. The van der Waals surface area contributed by atoms with Crippen LogP contribution in [0, 0.1) is 11.3 Å². The summed E-state index contributed by atoms with van der Waals surface area (Å²) in [7, 11) is -4.10. The van der Waals surface area contributed by atoms with Gasteiger partial charge in [0.2, 0.25) is 0 Å². The summed E-state index contributed by atoms with van der Waals surface area (Å²) in [6.45, 7) is 0. The number of hydrogen-bond donors (Lipinski definition) is 0. The van der Waals surface area contributed by atoms with E-state index in [0.29, 0.717) is 5.56 Å². The Morgan fingerprint density at radius 2 is 2.05 bits per heavy atom. The van der Waals surface area contributed by atoms with E-state index < -0.39 is 10.1 Å². The first-order chi connectivity index (χ1) is 9.63. The Morgan fingerprint density at radius 3 is 2.65 bits per heavy atom. The maximum atomic E-state index is 11.8. The molecule has 0 spiro atoms. The van der Waals surface area contributed by atoms with Crippen LogP contribution in [-0.2, 0) is 14.4 Å². The minimum absolute atomic E-state index is 0.130. The monoisotopic (exact) mass is 284 g/mol. The smallest absolute Gasteiger partial charge is 0.263 e. The van der Waals surface area contributed by atoms with E-state index in [9.17, 15) is 8.42 Å². The van der Waals surface area contributed by atoms with Crippen LogP contribution in [0.2, 0.25) is 0 Å². The zero-order chi connectivity index (χ0) is 14.4. The van der Waals surface area contributed by atoms with Crippen LogP contribution in [0.1, 0.15) is 5.56 Å². The third kappa shape index (κ3) is 3.14. The lowest BCUT2D eigenvalue weighted by Crippen LogP contribution is -2.06. The number of allylic oxidation sites excluding steroid dienone is 3. The van der Waals surface area contributed by atoms with Crippen molar-refractivity contribution in [3.63, 3.8) is 0 Å². The van der Waals surface area contributed by atoms with Gasteiger partial charge >= 0.3 is 10.1 Å². The predicted molar refractivity (Wildman–Crippen MR) is 72.8 cm³/mol. The molecule has 1 aliphatic rings. The molecule has 20 heavy (non-hydrogen) atoms. The molecule has 0 saturated carbocycles. The van der Waals surface area contributed by atoms with Gasteiger partial charge in [-0.15, -0.1) is 0 Å². The van der Waals surface area contributed by atoms with E-state index in [1.807, 2.05) is 0 Å². The number of nitrogens with zero attached hydrogens (tertiary/aromatic N) is 2. The molecular weight excluding hydrogens is 276 g/mol. The molecule has 0 saturated heterocycles. The summed E-state index contributed by atoms with van der Waals surface area (Å²) in [4.78, 5) is -0.200. The van der Waals surface area contributed by atoms with Crippen molar-refractivity contribution in [2.75, 3.05) is 0 Å². The molecule has 0 aromatic heterocycles. The van der Waals surface area contributed by atoms with Crippen molar-refractivity contribution in [1.82, 2.24) is 0 Å². The lowest BCUT2D eigenvalue weighted by Gasteiger charge is -2.01. The van der Waals surface area contributed by atoms with Gasteiger partial charge in [-0.2, -0.15) is 13.7 Å². The normalized spacial score (nSPS) is 13.8. The average molecular weight is 284 g/mol. The molecule has 1 aliphatic carbocycles. The SMILES string of the molecule is N#C/C(=N\OS(=O)(=O)C1=C=C=CC=C1)c1ccccc1. The first-order valence-electron chi connectivity index (χ1n) is 5.49. The van der Waals surface area contributed by atoms with Gasteiger partial charge in [0.1, 0.15) is 6.07 Å². The molecule has 6 heteroatoms. The topological polar surface area (TPSA) is 79.5 Å². The van der Waals surface area contributed by atoms with Crippen LogP contribution in [-0.4, -0.2) is 14.1 Å². The minimum atomic E-state index is -4.10. The summed E-state index contributed by atoms with van der Waals surface area (Å²) in [5.74, 6) is 0. The molecule has 0 aliphatic heterocycles. The van der Waals surface area contributed by atoms with Crippen molar-refractivity contribution >= 4 is 15.8 Å². The summed E-state index contributed by atoms with van der Waals surface area (Å²) in [6, 6.07) is 10.2. The molecule has 0 unspecified atom stereocenters. The van der Waals surface area contributed by atoms with E-state index in [-0.39, 0.29) is 10.6 Å². The first kappa shape index (κ1) is 13.6. The average Bonchev–Trinajstić information content (AvgIpc) is 2.50. The summed E-state index contributed by atoms with van der Waals surface area (Å²) in [5, 5.41) is 12.4. The molecule has 0 amide bonds. The van der Waals surface area contributed by atoms with Gasteiger partial charge in [-0.05, 0) is 17.9 Å². The molecule has 0 bridgehead atoms. The van der Waals surface area contributed by atoms with Gasteiger partial charge in [-0.3, -0.25) is 4.28 Å². The van der Waals surface area contributed by atoms with Crippen LogP contribution in [0.3, 0.4) is 0 Å². The Kier molecular flexibility index (Phi) is 3.99. The zero-order valence-electron chi connectivity index (χ0n) is 10.1. The van der Waals surface area contributed by atoms with Crippen LogP contribution >= 0.6 is 0 Å². The third-order valence-electron chi connectivity index (χ3n) is 2.27. The molecule has 0 N–H and O–H groups in total. The molecule has 0 radical (unpaired) electrons. The van der Waals surface area contributed by atoms with Crippen LogP contribution in [0.4, 0.5) is 0 Å². The third-order valence-corrected chi connectivity index (χ3v) is 3.32. The summed E-state index contributed by atoms with van der Waals surface area (Å²) < 4.78 is 28.1. The lowest BCUT2D eigenvalue weighted by molar-refractivity contribution is 0.345. The van der Waals surface area contributed by atoms with E-state index in [1.54, 1.807) is 36.4 Å². The van der Waals surface area contributed by atoms with Gasteiger partial charge < -0.3 is 0 Å². The number of nitriles is 1. The van der Waals surface area contributed by atoms with Gasteiger partial charge in [0.15, 0.2) is 10.6 Å². The van der Waals surface area contributed by atoms with Crippen LogP contribution in [0.15, 0.2) is 70.1 Å². The molecule has 0 fully saturated rings. The standard InChI is InChI=1S/C14H8N2O3S/c15-11-14(12-7-3-1-4-8-12)16-19-20(17,18)13-9-5-2-6-10-13/h1-5,7-9H/b16-14+. The van der Waals surface area contributed by atoms with Gasteiger partial charge in [0.05, 0.1) is 0 Å². The second kappa shape index (κ2) is 5.87. The fraction of sp³-hybridized carbons (Fsp3) is 0. The van der Waals surface area contributed by atoms with Crippen molar-refractivity contribution in [3.05, 3.63) is 70.5 Å². The van der Waals surface area contributed by atoms with Crippen LogP contribution < -0.4 is 0 Å². The largest absolute Gasteiger partial charge is 0.366 e. The Bertz CT molecular complexity index is 815. The summed E-state index contributed by atoms with van der Waals surface area (Å²) in [5.41, 5.74) is 5.24. The van der Waals surface area contributed by atoms with Crippen molar-refractivity contribution in [2.45, 2.75) is 0 Å². The van der Waals surface area contributed by atoms with E-state index >= 15 is 0 Å². The second-order valence-electron chi connectivity index (χ2n) is 3.61. The van der Waals surface area contributed by atoms with Crippen molar-refractivity contribution in [2.24, 2.45) is 5.16 Å². The zero-order valence-corrected chi connectivity index (χ0v) is 11.0. The quantitative estimate of drug-likeness (QED) is 0.481. The minimum Gasteiger partial charge on any atom is -0.263 e. The Morgan fingerprint density at radius 1 is 1.30 bits per heavy atom. The number of oxime groups is 1. The second-order valence-corrected chi connectivity index (χ2v) is 5.10. The molecule has 0 heterocycles. The maximum Gasteiger partial charge on any atom is 0.366 e. The highest BCUT2D eigenvalue weighted by Crippen LogP contribution is 2.12. The molecule has 1 aromatic carbocycles. The van der Waals surface area contributed by atoms with E-state index in [2.05, 4.69) is 20.9 Å². The van der Waals surface area contributed by atoms with Crippen molar-refractivity contribution in [3.8, 4) is 6.07 Å². The molecular formula is C14H8N2O3S. The van der Waals surface area contributed by atoms with E-state index in [4.69, 9.17) is 5.26 Å². The number of benzene rings is 1. The summed E-state index contributed by atoms with van der Waals surface area (Å²) >= 11 is 0. The highest BCUT2D eigenvalue weighted by Gasteiger charge is 2.18. The van der Waals surface area contributed by atoms with Crippen molar-refractivity contribution < 1.29 is 12.7 Å². The molecule has 5 nitrogen and oxygen atoms in total. The van der Waals surface area contributed by atoms with Gasteiger partial charge in [-0.1, -0.05) is 47.3 Å². The number of rotatable bonds is 4. The van der Waals surface area contributed by atoms with Crippen molar-refractivity contribution in [1.29, 1.82) is 5.26 Å². The Hall–Kier alpha value is -2.83. The van der Waals surface area contributed by atoms with Gasteiger partial charge in [-0.25, -0.2) is 0 Å². The first-order valence-corrected chi connectivity index (χ1v) is 6.90. The molecule has 0 atom stereocenters. The molecule has 98 valence electrons. The fourth-order valence-electron chi connectivity index (χ4n) is 1.34. The van der Waals surface area contributed by atoms with Gasteiger partial charge in [0, 0.05) is 5.56 Å². The molecule has 1 aromatic rings. The maximum absolute atomic E-state index is 11.8. The van der Waals surface area contributed by atoms with Crippen LogP contribution in [0.5, 0.6) is 0 Å². The number of hydrogen-bond acceptors (Lipinski definition) is 5. The van der Waals surface area contributed by atoms with Gasteiger partial charge in [0.25, 0.3) is 0 Å². The molecule has 2 rings (SSSR count). The predicted octanol–water partition coefficient (Wildman–Crippen LogP) is 2.02. The Balaban J connectivity index is 2.29. The lowest BCUT2D eigenvalue weighted by atomic mass is 10.1. The highest BCUT2D eigenvalue weighted by atomic mass is 32.2. The Labute approximate surface area is 116 Å². The highest BCUT2D eigenvalue weighted by molar-refractivity contribution is 7.90. The van der Waals surface area contributed by atoms with Crippen LogP contribution in [0.25, 0.3) is 0 Å². The van der Waals surface area contributed by atoms with E-state index in [0.717, 1.165) is 0 Å². The van der Waals surface area contributed by atoms with E-state index in [1.165, 1.54) is 18.2 Å². The summed E-state index contributed by atoms with van der Waals surface area (Å²) in [6.07, 6.45) is 4.29.